The number of pyridine rings is 1. The molecule has 0 unspecified atom stereocenters. The molecule has 0 saturated carbocycles. The highest BCUT2D eigenvalue weighted by Crippen LogP contribution is 1.93. The standard InChI is InChI=1S/C10H12NO/c1-9(12)6-7-10-5-3-4-8-11(10)2/h3-8H,1-2H3/q+1. The third-order valence-electron chi connectivity index (χ3n) is 1.58. The van der Waals surface area contributed by atoms with Crippen LogP contribution in [0.5, 0.6) is 0 Å². The number of aryl methyl sites for hydroxylation is 1. The molecule has 62 valence electrons. The molecular formula is C10H12NO+. The lowest BCUT2D eigenvalue weighted by molar-refractivity contribution is -0.673. The molecule has 1 aromatic heterocycles. The highest BCUT2D eigenvalue weighted by atomic mass is 16.1. The van der Waals surface area contributed by atoms with Crippen LogP contribution in [0.2, 0.25) is 0 Å². The number of hydrogen-bond acceptors (Lipinski definition) is 1. The van der Waals surface area contributed by atoms with Crippen molar-refractivity contribution in [1.82, 2.24) is 0 Å². The fourth-order valence-electron chi connectivity index (χ4n) is 0.912. The van der Waals surface area contributed by atoms with Crippen LogP contribution >= 0.6 is 0 Å². The minimum Gasteiger partial charge on any atom is -0.295 e. The number of rotatable bonds is 2. The van der Waals surface area contributed by atoms with Gasteiger partial charge in [0.05, 0.1) is 0 Å². The van der Waals surface area contributed by atoms with E-state index in [4.69, 9.17) is 0 Å². The molecule has 0 aliphatic carbocycles. The Hall–Kier alpha value is -1.44. The first-order valence-electron chi connectivity index (χ1n) is 3.83. The molecule has 1 aromatic rings. The van der Waals surface area contributed by atoms with Gasteiger partial charge in [-0.05, 0) is 19.1 Å². The molecule has 0 spiro atoms. The van der Waals surface area contributed by atoms with Gasteiger partial charge in [0.15, 0.2) is 12.0 Å². The minimum atomic E-state index is 0.0684. The molecule has 0 aliphatic heterocycles. The summed E-state index contributed by atoms with van der Waals surface area (Å²) in [6.07, 6.45) is 5.32. The number of carbonyl (C=O) groups excluding carboxylic acids is 1. The third-order valence-corrected chi connectivity index (χ3v) is 1.58. The van der Waals surface area contributed by atoms with Crippen LogP contribution in [-0.2, 0) is 11.8 Å². The van der Waals surface area contributed by atoms with Gasteiger partial charge >= 0.3 is 0 Å². The molecule has 2 nitrogen and oxygen atoms in total. The molecule has 0 aromatic carbocycles. The summed E-state index contributed by atoms with van der Waals surface area (Å²) in [6.45, 7) is 1.54. The van der Waals surface area contributed by atoms with Crippen LogP contribution < -0.4 is 4.57 Å². The Morgan fingerprint density at radius 3 is 2.83 bits per heavy atom. The van der Waals surface area contributed by atoms with E-state index in [1.807, 2.05) is 42.1 Å². The third kappa shape index (κ3) is 2.31. The van der Waals surface area contributed by atoms with Gasteiger partial charge in [0.1, 0.15) is 7.05 Å². The quantitative estimate of drug-likeness (QED) is 0.471. The summed E-state index contributed by atoms with van der Waals surface area (Å²) in [4.78, 5) is 10.6. The first-order chi connectivity index (χ1) is 5.70. The number of ketones is 1. The van der Waals surface area contributed by atoms with Gasteiger partial charge in [-0.2, -0.15) is 0 Å². The summed E-state index contributed by atoms with van der Waals surface area (Å²) in [6, 6.07) is 5.85. The Bertz CT molecular complexity index is 315. The van der Waals surface area contributed by atoms with Gasteiger partial charge in [-0.25, -0.2) is 4.57 Å². The molecule has 1 rings (SSSR count). The van der Waals surface area contributed by atoms with Gasteiger partial charge in [0, 0.05) is 18.2 Å². The van der Waals surface area contributed by atoms with Gasteiger partial charge in [0.2, 0.25) is 5.69 Å². The normalized spacial score (nSPS) is 10.5. The van der Waals surface area contributed by atoms with Crippen LogP contribution in [0.3, 0.4) is 0 Å². The van der Waals surface area contributed by atoms with Crippen molar-refractivity contribution < 1.29 is 9.36 Å². The van der Waals surface area contributed by atoms with Gasteiger partial charge < -0.3 is 0 Å². The van der Waals surface area contributed by atoms with E-state index in [1.54, 1.807) is 13.0 Å². The van der Waals surface area contributed by atoms with Crippen molar-refractivity contribution in [3.05, 3.63) is 36.2 Å². The van der Waals surface area contributed by atoms with Crippen molar-refractivity contribution in [2.45, 2.75) is 6.92 Å². The zero-order chi connectivity index (χ0) is 8.97. The topological polar surface area (TPSA) is 20.9 Å². The van der Waals surface area contributed by atoms with E-state index in [0.29, 0.717) is 0 Å². The number of aromatic nitrogens is 1. The van der Waals surface area contributed by atoms with Gasteiger partial charge in [0.25, 0.3) is 0 Å². The maximum Gasteiger partial charge on any atom is 0.205 e. The highest BCUT2D eigenvalue weighted by molar-refractivity contribution is 5.91. The lowest BCUT2D eigenvalue weighted by Crippen LogP contribution is -2.30. The van der Waals surface area contributed by atoms with E-state index in [2.05, 4.69) is 0 Å². The summed E-state index contributed by atoms with van der Waals surface area (Å²) in [5, 5.41) is 0. The fourth-order valence-corrected chi connectivity index (χ4v) is 0.912. The predicted molar refractivity (Wildman–Crippen MR) is 47.3 cm³/mol. The van der Waals surface area contributed by atoms with Gasteiger partial charge in [-0.15, -0.1) is 0 Å². The van der Waals surface area contributed by atoms with Crippen LogP contribution in [0.4, 0.5) is 0 Å². The van der Waals surface area contributed by atoms with Crippen molar-refractivity contribution in [2.75, 3.05) is 0 Å². The summed E-state index contributed by atoms with van der Waals surface area (Å²) < 4.78 is 1.96. The minimum absolute atomic E-state index is 0.0684. The lowest BCUT2D eigenvalue weighted by atomic mass is 10.3. The Balaban J connectivity index is 2.89. The van der Waals surface area contributed by atoms with Gasteiger partial charge in [-0.3, -0.25) is 4.79 Å². The lowest BCUT2D eigenvalue weighted by Gasteiger charge is -1.90. The summed E-state index contributed by atoms with van der Waals surface area (Å²) in [5.41, 5.74) is 1.02. The molecule has 0 N–H and O–H groups in total. The van der Waals surface area contributed by atoms with Crippen LogP contribution in [0.1, 0.15) is 12.6 Å². The predicted octanol–water partition coefficient (Wildman–Crippen LogP) is 1.11. The number of nitrogens with zero attached hydrogens (tertiary/aromatic N) is 1. The van der Waals surface area contributed by atoms with E-state index >= 15 is 0 Å². The Morgan fingerprint density at radius 1 is 1.50 bits per heavy atom. The molecule has 0 aliphatic rings. The number of hydrogen-bond donors (Lipinski definition) is 0. The SMILES string of the molecule is CC(=O)C=Cc1cccc[n+]1C. The molecule has 0 bridgehead atoms. The number of carbonyl (C=O) groups is 1. The van der Waals surface area contributed by atoms with Crippen LogP contribution in [0, 0.1) is 0 Å². The Labute approximate surface area is 72.2 Å². The van der Waals surface area contributed by atoms with E-state index in [1.165, 1.54) is 0 Å². The second-order valence-corrected chi connectivity index (χ2v) is 2.68. The van der Waals surface area contributed by atoms with Crippen molar-refractivity contribution >= 4 is 11.9 Å². The van der Waals surface area contributed by atoms with Crippen LogP contribution in [0.25, 0.3) is 6.08 Å². The largest absolute Gasteiger partial charge is 0.295 e. The van der Waals surface area contributed by atoms with E-state index < -0.39 is 0 Å². The van der Waals surface area contributed by atoms with E-state index in [0.717, 1.165) is 5.69 Å². The second kappa shape index (κ2) is 3.81. The van der Waals surface area contributed by atoms with Crippen LogP contribution in [0.15, 0.2) is 30.5 Å². The van der Waals surface area contributed by atoms with Crippen molar-refractivity contribution in [3.8, 4) is 0 Å². The summed E-state index contributed by atoms with van der Waals surface area (Å²) in [7, 11) is 1.94. The molecule has 0 atom stereocenters. The fraction of sp³-hybridized carbons (Fsp3) is 0.200. The molecule has 0 amide bonds. The van der Waals surface area contributed by atoms with Crippen LogP contribution in [-0.4, -0.2) is 5.78 Å². The first-order valence-corrected chi connectivity index (χ1v) is 3.83. The maximum atomic E-state index is 10.6. The Kier molecular flexibility index (Phi) is 2.75. The van der Waals surface area contributed by atoms with Crippen molar-refractivity contribution in [3.63, 3.8) is 0 Å². The highest BCUT2D eigenvalue weighted by Gasteiger charge is 1.98. The Morgan fingerprint density at radius 2 is 2.25 bits per heavy atom. The van der Waals surface area contributed by atoms with E-state index in [9.17, 15) is 4.79 Å². The average molecular weight is 162 g/mol. The summed E-state index contributed by atoms with van der Waals surface area (Å²) in [5.74, 6) is 0.0684. The molecule has 0 fully saturated rings. The summed E-state index contributed by atoms with van der Waals surface area (Å²) >= 11 is 0. The van der Waals surface area contributed by atoms with E-state index in [-0.39, 0.29) is 5.78 Å². The first kappa shape index (κ1) is 8.65. The van der Waals surface area contributed by atoms with Crippen molar-refractivity contribution in [2.24, 2.45) is 7.05 Å². The molecular weight excluding hydrogens is 150 g/mol. The molecule has 1 heterocycles. The monoisotopic (exact) mass is 162 g/mol. The maximum absolute atomic E-state index is 10.6. The van der Waals surface area contributed by atoms with Gasteiger partial charge in [-0.1, -0.05) is 0 Å². The molecule has 2 heteroatoms. The molecule has 0 saturated heterocycles. The zero-order valence-electron chi connectivity index (χ0n) is 7.32. The second-order valence-electron chi connectivity index (χ2n) is 2.68. The average Bonchev–Trinajstić information content (AvgIpc) is 2.03. The molecule has 0 radical (unpaired) electrons. The smallest absolute Gasteiger partial charge is 0.205 e. The molecule has 12 heavy (non-hydrogen) atoms. The number of allylic oxidation sites excluding steroid dienone is 1. The van der Waals surface area contributed by atoms with Crippen molar-refractivity contribution in [1.29, 1.82) is 0 Å². The zero-order valence-corrected chi connectivity index (χ0v) is 7.32.